The van der Waals surface area contributed by atoms with Crippen LogP contribution in [-0.2, 0) is 0 Å². The molecule has 108 valence electrons. The average molecular weight is 301 g/mol. The van der Waals surface area contributed by atoms with Gasteiger partial charge in [0.05, 0.1) is 0 Å². The van der Waals surface area contributed by atoms with Gasteiger partial charge < -0.3 is 9.52 Å². The van der Waals surface area contributed by atoms with Crippen LogP contribution in [0.3, 0.4) is 0 Å². The average Bonchev–Trinajstić information content (AvgIpc) is 2.80. The van der Waals surface area contributed by atoms with Crippen molar-refractivity contribution in [1.29, 1.82) is 0 Å². The Labute approximate surface area is 129 Å². The molecule has 0 amide bonds. The molecule has 1 aromatic heterocycles. The molecule has 1 N–H and O–H groups in total. The summed E-state index contributed by atoms with van der Waals surface area (Å²) >= 11 is 5.99. The van der Waals surface area contributed by atoms with Crippen LogP contribution in [0.2, 0.25) is 5.02 Å². The minimum atomic E-state index is -0.767. The maximum absolute atomic E-state index is 10.7. The van der Waals surface area contributed by atoms with Crippen molar-refractivity contribution in [2.24, 2.45) is 0 Å². The Balaban J connectivity index is 2.10. The van der Waals surface area contributed by atoms with Crippen molar-refractivity contribution >= 4 is 22.6 Å². The molecule has 0 radical (unpaired) electrons. The van der Waals surface area contributed by atoms with Gasteiger partial charge in [-0.1, -0.05) is 29.3 Å². The van der Waals surface area contributed by atoms with Crippen LogP contribution >= 0.6 is 11.6 Å². The van der Waals surface area contributed by atoms with Gasteiger partial charge in [-0.15, -0.1) is 0 Å². The zero-order valence-corrected chi connectivity index (χ0v) is 13.0. The van der Waals surface area contributed by atoms with Gasteiger partial charge >= 0.3 is 0 Å². The third-order valence-corrected chi connectivity index (χ3v) is 4.01. The smallest absolute Gasteiger partial charge is 0.138 e. The Morgan fingerprint density at radius 3 is 2.33 bits per heavy atom. The minimum absolute atomic E-state index is 0.544. The van der Waals surface area contributed by atoms with Crippen molar-refractivity contribution in [2.75, 3.05) is 0 Å². The van der Waals surface area contributed by atoms with Crippen LogP contribution in [0, 0.1) is 20.8 Å². The SMILES string of the molecule is Cc1cc(C)c(C(O)c2cc3cc(Cl)ccc3o2)c(C)c1. The lowest BCUT2D eigenvalue weighted by Gasteiger charge is -2.15. The van der Waals surface area contributed by atoms with E-state index in [0.29, 0.717) is 10.8 Å². The minimum Gasteiger partial charge on any atom is -0.458 e. The van der Waals surface area contributed by atoms with Gasteiger partial charge in [0.25, 0.3) is 0 Å². The fraction of sp³-hybridized carbons (Fsp3) is 0.222. The molecule has 3 heteroatoms. The highest BCUT2D eigenvalue weighted by Crippen LogP contribution is 2.33. The summed E-state index contributed by atoms with van der Waals surface area (Å²) < 4.78 is 5.77. The number of hydrogen-bond acceptors (Lipinski definition) is 2. The molecule has 0 aliphatic rings. The molecule has 3 aromatic rings. The number of aryl methyl sites for hydroxylation is 3. The van der Waals surface area contributed by atoms with Crippen LogP contribution in [-0.4, -0.2) is 5.11 Å². The van der Waals surface area contributed by atoms with E-state index in [9.17, 15) is 5.11 Å². The first-order chi connectivity index (χ1) is 9.95. The largest absolute Gasteiger partial charge is 0.458 e. The molecule has 0 spiro atoms. The van der Waals surface area contributed by atoms with Crippen LogP contribution < -0.4 is 0 Å². The van der Waals surface area contributed by atoms with Crippen molar-refractivity contribution in [1.82, 2.24) is 0 Å². The number of furan rings is 1. The molecule has 1 atom stereocenters. The molecule has 1 heterocycles. The van der Waals surface area contributed by atoms with Gasteiger partial charge in [-0.2, -0.15) is 0 Å². The second-order valence-electron chi connectivity index (χ2n) is 5.55. The molecule has 0 aliphatic heterocycles. The van der Waals surface area contributed by atoms with Crippen molar-refractivity contribution in [3.63, 3.8) is 0 Å². The van der Waals surface area contributed by atoms with E-state index in [4.69, 9.17) is 16.0 Å². The predicted octanol–water partition coefficient (Wildman–Crippen LogP) is 5.09. The first-order valence-corrected chi connectivity index (χ1v) is 7.28. The maximum atomic E-state index is 10.7. The van der Waals surface area contributed by atoms with E-state index in [1.54, 1.807) is 6.07 Å². The van der Waals surface area contributed by atoms with Crippen LogP contribution in [0.4, 0.5) is 0 Å². The summed E-state index contributed by atoms with van der Waals surface area (Å²) in [7, 11) is 0. The highest BCUT2D eigenvalue weighted by molar-refractivity contribution is 6.31. The summed E-state index contributed by atoms with van der Waals surface area (Å²) in [6.07, 6.45) is -0.767. The van der Waals surface area contributed by atoms with Crippen molar-refractivity contribution < 1.29 is 9.52 Å². The lowest BCUT2D eigenvalue weighted by molar-refractivity contribution is 0.191. The summed E-state index contributed by atoms with van der Waals surface area (Å²) in [5.74, 6) is 0.544. The molecule has 2 nitrogen and oxygen atoms in total. The lowest BCUT2D eigenvalue weighted by Crippen LogP contribution is -2.04. The van der Waals surface area contributed by atoms with Gasteiger partial charge in [0.2, 0.25) is 0 Å². The lowest BCUT2D eigenvalue weighted by atomic mass is 9.94. The molecule has 0 fully saturated rings. The summed E-state index contributed by atoms with van der Waals surface area (Å²) in [5, 5.41) is 12.2. The number of rotatable bonds is 2. The fourth-order valence-corrected chi connectivity index (χ4v) is 3.11. The Hall–Kier alpha value is -1.77. The fourth-order valence-electron chi connectivity index (χ4n) is 2.93. The van der Waals surface area contributed by atoms with E-state index in [1.807, 2.05) is 32.0 Å². The van der Waals surface area contributed by atoms with E-state index in [1.165, 1.54) is 5.56 Å². The van der Waals surface area contributed by atoms with Gasteiger partial charge in [0.15, 0.2) is 0 Å². The summed E-state index contributed by atoms with van der Waals surface area (Å²) in [6.45, 7) is 6.08. The second kappa shape index (κ2) is 5.21. The number of fused-ring (bicyclic) bond motifs is 1. The number of benzene rings is 2. The van der Waals surface area contributed by atoms with Crippen molar-refractivity contribution in [3.8, 4) is 0 Å². The Bertz CT molecular complexity index is 794. The number of aliphatic hydroxyl groups excluding tert-OH is 1. The number of hydrogen-bond donors (Lipinski definition) is 1. The second-order valence-corrected chi connectivity index (χ2v) is 5.98. The van der Waals surface area contributed by atoms with Crippen LogP contribution in [0.5, 0.6) is 0 Å². The maximum Gasteiger partial charge on any atom is 0.138 e. The molecular weight excluding hydrogens is 284 g/mol. The normalized spacial score (nSPS) is 12.8. The zero-order valence-electron chi connectivity index (χ0n) is 12.3. The topological polar surface area (TPSA) is 33.4 Å². The highest BCUT2D eigenvalue weighted by Gasteiger charge is 2.19. The van der Waals surface area contributed by atoms with Crippen LogP contribution in [0.1, 0.15) is 34.1 Å². The van der Waals surface area contributed by atoms with Crippen LogP contribution in [0.25, 0.3) is 11.0 Å². The van der Waals surface area contributed by atoms with Gasteiger partial charge in [0.1, 0.15) is 17.4 Å². The summed E-state index contributed by atoms with van der Waals surface area (Å²) in [4.78, 5) is 0. The van der Waals surface area contributed by atoms with Crippen molar-refractivity contribution in [3.05, 3.63) is 69.4 Å². The first-order valence-electron chi connectivity index (χ1n) is 6.90. The standard InChI is InChI=1S/C18H17ClO2/c1-10-6-11(2)17(12(3)7-10)18(20)16-9-13-8-14(19)4-5-15(13)21-16/h4-9,18,20H,1-3H3. The summed E-state index contributed by atoms with van der Waals surface area (Å²) in [6, 6.07) is 11.4. The third-order valence-electron chi connectivity index (χ3n) is 3.78. The Morgan fingerprint density at radius 2 is 1.67 bits per heavy atom. The Kier molecular flexibility index (Phi) is 3.52. The quantitative estimate of drug-likeness (QED) is 0.715. The van der Waals surface area contributed by atoms with E-state index >= 15 is 0 Å². The van der Waals surface area contributed by atoms with E-state index < -0.39 is 6.10 Å². The molecule has 0 bridgehead atoms. The predicted molar refractivity (Wildman–Crippen MR) is 85.9 cm³/mol. The van der Waals surface area contributed by atoms with Crippen LogP contribution in [0.15, 0.2) is 40.8 Å². The molecule has 0 saturated carbocycles. The van der Waals surface area contributed by atoms with Crippen molar-refractivity contribution in [2.45, 2.75) is 26.9 Å². The molecule has 0 saturated heterocycles. The molecule has 21 heavy (non-hydrogen) atoms. The molecule has 2 aromatic carbocycles. The van der Waals surface area contributed by atoms with Gasteiger partial charge in [-0.25, -0.2) is 0 Å². The Morgan fingerprint density at radius 1 is 1.00 bits per heavy atom. The number of halogens is 1. The molecule has 0 aliphatic carbocycles. The van der Waals surface area contributed by atoms with Gasteiger partial charge in [-0.05, 0) is 61.7 Å². The zero-order chi connectivity index (χ0) is 15.1. The van der Waals surface area contributed by atoms with E-state index in [-0.39, 0.29) is 0 Å². The summed E-state index contributed by atoms with van der Waals surface area (Å²) in [5.41, 5.74) is 4.97. The third kappa shape index (κ3) is 2.57. The van der Waals surface area contributed by atoms with E-state index in [0.717, 1.165) is 27.7 Å². The monoisotopic (exact) mass is 300 g/mol. The van der Waals surface area contributed by atoms with Gasteiger partial charge in [0, 0.05) is 10.4 Å². The first kappa shape index (κ1) is 14.2. The molecule has 1 unspecified atom stereocenters. The number of aliphatic hydroxyl groups is 1. The molecular formula is C18H17ClO2. The highest BCUT2D eigenvalue weighted by atomic mass is 35.5. The molecule has 3 rings (SSSR count). The van der Waals surface area contributed by atoms with E-state index in [2.05, 4.69) is 19.1 Å². The van der Waals surface area contributed by atoms with Gasteiger partial charge in [-0.3, -0.25) is 0 Å².